The zero-order valence-corrected chi connectivity index (χ0v) is 18.7. The third kappa shape index (κ3) is 5.38. The molecule has 0 unspecified atom stereocenters. The molecule has 0 saturated heterocycles. The predicted molar refractivity (Wildman–Crippen MR) is 121 cm³/mol. The second-order valence-electron chi connectivity index (χ2n) is 8.13. The van der Waals surface area contributed by atoms with Gasteiger partial charge >= 0.3 is 5.97 Å². The number of hydrogen-bond acceptors (Lipinski definition) is 5. The van der Waals surface area contributed by atoms with Gasteiger partial charge in [-0.15, -0.1) is 10.2 Å². The molecule has 1 aromatic heterocycles. The molecular formula is C24H29N5O3. The Morgan fingerprint density at radius 3 is 2.31 bits per heavy atom. The molecule has 0 saturated carbocycles. The molecule has 0 fully saturated rings. The van der Waals surface area contributed by atoms with E-state index in [0.717, 1.165) is 35.1 Å². The summed E-state index contributed by atoms with van der Waals surface area (Å²) in [6.07, 6.45) is 1.97. The van der Waals surface area contributed by atoms with E-state index >= 15 is 0 Å². The minimum absolute atomic E-state index is 0.125. The third-order valence-corrected chi connectivity index (χ3v) is 5.42. The number of aromatic nitrogens is 4. The molecule has 168 valence electrons. The summed E-state index contributed by atoms with van der Waals surface area (Å²) >= 11 is 0. The minimum Gasteiger partial charge on any atom is -0.480 e. The lowest BCUT2D eigenvalue weighted by Gasteiger charge is -2.32. The van der Waals surface area contributed by atoms with Gasteiger partial charge in [0, 0.05) is 18.5 Å². The molecule has 3 rings (SSSR count). The van der Waals surface area contributed by atoms with Gasteiger partial charge in [0.1, 0.15) is 6.04 Å². The van der Waals surface area contributed by atoms with Crippen LogP contribution in [0.1, 0.15) is 45.6 Å². The number of carbonyl (C=O) groups excluding carboxylic acids is 1. The molecule has 2 aromatic carbocycles. The van der Waals surface area contributed by atoms with Crippen LogP contribution in [0.3, 0.4) is 0 Å². The van der Waals surface area contributed by atoms with E-state index in [0.29, 0.717) is 12.2 Å². The first-order chi connectivity index (χ1) is 15.4. The number of hydrogen-bond donors (Lipinski definition) is 2. The topological polar surface area (TPSA) is 112 Å². The highest BCUT2D eigenvalue weighted by molar-refractivity contribution is 5.84. The van der Waals surface area contributed by atoms with Gasteiger partial charge in [-0.05, 0) is 34.2 Å². The van der Waals surface area contributed by atoms with Crippen molar-refractivity contribution in [3.63, 3.8) is 0 Å². The molecule has 3 aromatic rings. The van der Waals surface area contributed by atoms with Crippen LogP contribution in [0.2, 0.25) is 0 Å². The van der Waals surface area contributed by atoms with Crippen molar-refractivity contribution in [2.45, 2.75) is 52.6 Å². The number of tetrazole rings is 1. The van der Waals surface area contributed by atoms with Crippen LogP contribution in [-0.2, 0) is 16.1 Å². The van der Waals surface area contributed by atoms with Gasteiger partial charge in [-0.25, -0.2) is 4.79 Å². The number of aromatic amines is 1. The summed E-state index contributed by atoms with van der Waals surface area (Å²) in [6, 6.07) is 14.7. The van der Waals surface area contributed by atoms with E-state index in [1.807, 2.05) is 69.3 Å². The number of nitrogens with one attached hydrogen (secondary N) is 1. The summed E-state index contributed by atoms with van der Waals surface area (Å²) in [4.78, 5) is 26.3. The Morgan fingerprint density at radius 1 is 1.06 bits per heavy atom. The average molecular weight is 436 g/mol. The van der Waals surface area contributed by atoms with Crippen LogP contribution < -0.4 is 0 Å². The highest BCUT2D eigenvalue weighted by Gasteiger charge is 2.32. The van der Waals surface area contributed by atoms with E-state index in [4.69, 9.17) is 0 Å². The molecule has 1 atom stereocenters. The number of aliphatic carboxylic acids is 1. The molecule has 8 nitrogen and oxygen atoms in total. The number of unbranched alkanes of at least 4 members (excludes halogenated alkanes) is 1. The normalized spacial score (nSPS) is 12.0. The summed E-state index contributed by atoms with van der Waals surface area (Å²) in [5.74, 6) is -0.784. The number of carboxylic acids is 1. The molecule has 0 aliphatic carbocycles. The van der Waals surface area contributed by atoms with E-state index < -0.39 is 12.0 Å². The van der Waals surface area contributed by atoms with E-state index in [1.165, 1.54) is 4.90 Å². The number of H-pyrrole nitrogens is 1. The highest BCUT2D eigenvalue weighted by Crippen LogP contribution is 2.30. The van der Waals surface area contributed by atoms with Gasteiger partial charge in [-0.1, -0.05) is 75.7 Å². The zero-order chi connectivity index (χ0) is 23.1. The molecule has 1 heterocycles. The van der Waals surface area contributed by atoms with Crippen molar-refractivity contribution in [3.8, 4) is 22.5 Å². The SMILES string of the molecule is CCCCC(=O)N(Cc1ccc(-c2ccccc2-c2nn[nH]n2)cc1)[C@@H](C(=O)O)C(C)C. The number of rotatable bonds is 10. The van der Waals surface area contributed by atoms with E-state index in [2.05, 4.69) is 20.6 Å². The highest BCUT2D eigenvalue weighted by atomic mass is 16.4. The van der Waals surface area contributed by atoms with Gasteiger partial charge < -0.3 is 10.0 Å². The molecule has 0 aliphatic heterocycles. The molecule has 32 heavy (non-hydrogen) atoms. The van der Waals surface area contributed by atoms with Crippen LogP contribution in [0.25, 0.3) is 22.5 Å². The van der Waals surface area contributed by atoms with Crippen molar-refractivity contribution in [1.29, 1.82) is 0 Å². The number of amides is 1. The predicted octanol–water partition coefficient (Wildman–Crippen LogP) is 4.16. The van der Waals surface area contributed by atoms with Crippen LogP contribution in [0.15, 0.2) is 48.5 Å². The summed E-state index contributed by atoms with van der Waals surface area (Å²) < 4.78 is 0. The van der Waals surface area contributed by atoms with Crippen molar-refractivity contribution in [2.24, 2.45) is 5.92 Å². The number of carbonyl (C=O) groups is 2. The monoisotopic (exact) mass is 435 g/mol. The Morgan fingerprint density at radius 2 is 1.75 bits per heavy atom. The first kappa shape index (κ1) is 23.1. The second-order valence-corrected chi connectivity index (χ2v) is 8.13. The van der Waals surface area contributed by atoms with Crippen molar-refractivity contribution >= 4 is 11.9 Å². The van der Waals surface area contributed by atoms with Gasteiger partial charge in [0.2, 0.25) is 11.7 Å². The van der Waals surface area contributed by atoms with Crippen molar-refractivity contribution < 1.29 is 14.7 Å². The Bertz CT molecular complexity index is 1030. The molecule has 0 bridgehead atoms. The average Bonchev–Trinajstić information content (AvgIpc) is 3.32. The maximum absolute atomic E-state index is 12.9. The fourth-order valence-electron chi connectivity index (χ4n) is 3.78. The zero-order valence-electron chi connectivity index (χ0n) is 18.7. The lowest BCUT2D eigenvalue weighted by molar-refractivity contribution is -0.153. The quantitative estimate of drug-likeness (QED) is 0.494. The van der Waals surface area contributed by atoms with Crippen LogP contribution >= 0.6 is 0 Å². The maximum atomic E-state index is 12.9. The summed E-state index contributed by atoms with van der Waals surface area (Å²) in [6.45, 7) is 5.93. The Balaban J connectivity index is 1.87. The largest absolute Gasteiger partial charge is 0.480 e. The lowest BCUT2D eigenvalue weighted by atomic mass is 9.97. The van der Waals surface area contributed by atoms with Gasteiger partial charge in [0.15, 0.2) is 0 Å². The molecule has 8 heteroatoms. The molecule has 1 amide bonds. The maximum Gasteiger partial charge on any atom is 0.326 e. The Kier molecular flexibility index (Phi) is 7.70. The van der Waals surface area contributed by atoms with E-state index in [1.54, 1.807) is 0 Å². The minimum atomic E-state index is -0.976. The smallest absolute Gasteiger partial charge is 0.326 e. The number of carboxylic acid groups (broad SMARTS) is 1. The van der Waals surface area contributed by atoms with Crippen LogP contribution in [-0.4, -0.2) is 48.5 Å². The Hall–Kier alpha value is -3.55. The third-order valence-electron chi connectivity index (χ3n) is 5.42. The van der Waals surface area contributed by atoms with Gasteiger partial charge in [-0.3, -0.25) is 4.79 Å². The number of benzene rings is 2. The molecule has 0 spiro atoms. The van der Waals surface area contributed by atoms with E-state index in [9.17, 15) is 14.7 Å². The fourth-order valence-corrected chi connectivity index (χ4v) is 3.78. The fraction of sp³-hybridized carbons (Fsp3) is 0.375. The van der Waals surface area contributed by atoms with Crippen LogP contribution in [0, 0.1) is 5.92 Å². The number of nitrogens with zero attached hydrogens (tertiary/aromatic N) is 4. The first-order valence-corrected chi connectivity index (χ1v) is 10.9. The lowest BCUT2D eigenvalue weighted by Crippen LogP contribution is -2.47. The van der Waals surface area contributed by atoms with Gasteiger partial charge in [0.25, 0.3) is 0 Å². The summed E-state index contributed by atoms with van der Waals surface area (Å²) in [5.41, 5.74) is 3.66. The standard InChI is InChI=1S/C24H29N5O3/c1-4-5-10-21(30)29(22(16(2)3)24(31)32)15-17-11-13-18(14-12-17)19-8-6-7-9-20(19)23-25-27-28-26-23/h6-9,11-14,16,22H,4-5,10,15H2,1-3H3,(H,31,32)(H,25,26,27,28)/t22-/m1/s1. The molecule has 0 aliphatic rings. The Labute approximate surface area is 187 Å². The summed E-state index contributed by atoms with van der Waals surface area (Å²) in [7, 11) is 0. The molecular weight excluding hydrogens is 406 g/mol. The molecule has 0 radical (unpaired) electrons. The van der Waals surface area contributed by atoms with Gasteiger partial charge in [-0.2, -0.15) is 5.21 Å². The van der Waals surface area contributed by atoms with E-state index in [-0.39, 0.29) is 18.4 Å². The van der Waals surface area contributed by atoms with Crippen molar-refractivity contribution in [3.05, 3.63) is 54.1 Å². The summed E-state index contributed by atoms with van der Waals surface area (Å²) in [5, 5.41) is 24.0. The van der Waals surface area contributed by atoms with Gasteiger partial charge in [0.05, 0.1) is 0 Å². The van der Waals surface area contributed by atoms with Crippen molar-refractivity contribution in [2.75, 3.05) is 0 Å². The van der Waals surface area contributed by atoms with Crippen LogP contribution in [0.4, 0.5) is 0 Å². The first-order valence-electron chi connectivity index (χ1n) is 10.9. The van der Waals surface area contributed by atoms with Crippen LogP contribution in [0.5, 0.6) is 0 Å². The van der Waals surface area contributed by atoms with Crippen molar-refractivity contribution in [1.82, 2.24) is 25.5 Å². The second kappa shape index (κ2) is 10.7. The molecule has 2 N–H and O–H groups in total.